The Morgan fingerprint density at radius 2 is 1.50 bits per heavy atom. The van der Waals surface area contributed by atoms with Gasteiger partial charge in [-0.25, -0.2) is 9.97 Å². The fourth-order valence-electron chi connectivity index (χ4n) is 2.02. The summed E-state index contributed by atoms with van der Waals surface area (Å²) in [6.45, 7) is 0. The van der Waals surface area contributed by atoms with Crippen molar-refractivity contribution < 1.29 is 25.9 Å². The van der Waals surface area contributed by atoms with Crippen LogP contribution < -0.4 is 0 Å². The van der Waals surface area contributed by atoms with E-state index < -0.39 is 25.1 Å². The van der Waals surface area contributed by atoms with E-state index in [-0.39, 0.29) is 27.0 Å². The lowest BCUT2D eigenvalue weighted by atomic mass is 10.2. The summed E-state index contributed by atoms with van der Waals surface area (Å²) >= 11 is 0. The molecule has 22 heavy (non-hydrogen) atoms. The molecule has 0 bridgehead atoms. The van der Waals surface area contributed by atoms with E-state index in [0.717, 1.165) is 12.1 Å². The highest BCUT2D eigenvalue weighted by molar-refractivity contribution is 7.86. The minimum atomic E-state index is -4.47. The fraction of sp³-hybridized carbons (Fsp3) is 0. The second-order valence-corrected chi connectivity index (χ2v) is 7.26. The van der Waals surface area contributed by atoms with Crippen molar-refractivity contribution in [2.45, 2.75) is 9.79 Å². The number of hydrogen-bond acceptors (Lipinski definition) is 6. The van der Waals surface area contributed by atoms with Crippen LogP contribution in [0.3, 0.4) is 0 Å². The molecule has 0 saturated carbocycles. The van der Waals surface area contributed by atoms with Crippen molar-refractivity contribution in [1.29, 1.82) is 0 Å². The summed E-state index contributed by atoms with van der Waals surface area (Å²) < 4.78 is 63.2. The Bertz CT molecular complexity index is 1120. The molecular weight excluding hydrogens is 332 g/mol. The zero-order valence-corrected chi connectivity index (χ0v) is 12.3. The first-order valence-electron chi connectivity index (χ1n) is 5.82. The number of hydrogen-bond donors (Lipinski definition) is 2. The van der Waals surface area contributed by atoms with Crippen LogP contribution >= 0.6 is 0 Å². The Morgan fingerprint density at radius 1 is 0.773 bits per heavy atom. The molecule has 2 aromatic carbocycles. The first-order valence-corrected chi connectivity index (χ1v) is 8.70. The maximum Gasteiger partial charge on any atom is 0.296 e. The molecule has 0 fully saturated rings. The largest absolute Gasteiger partial charge is 0.296 e. The average molecular weight is 340 g/mol. The summed E-state index contributed by atoms with van der Waals surface area (Å²) in [6.07, 6.45) is 0. The highest BCUT2D eigenvalue weighted by Crippen LogP contribution is 2.24. The summed E-state index contributed by atoms with van der Waals surface area (Å²) in [6, 6.07) is 7.55. The van der Waals surface area contributed by atoms with Crippen LogP contribution in [-0.2, 0) is 20.2 Å². The van der Waals surface area contributed by atoms with Gasteiger partial charge in [-0.3, -0.25) is 9.11 Å². The highest BCUT2D eigenvalue weighted by atomic mass is 32.2. The summed E-state index contributed by atoms with van der Waals surface area (Å²) in [5.41, 5.74) is 0.512. The second kappa shape index (κ2) is 4.68. The van der Waals surface area contributed by atoms with E-state index in [4.69, 9.17) is 4.55 Å². The van der Waals surface area contributed by atoms with Crippen LogP contribution in [-0.4, -0.2) is 35.9 Å². The van der Waals surface area contributed by atoms with Crippen molar-refractivity contribution in [3.05, 3.63) is 36.4 Å². The second-order valence-electron chi connectivity index (χ2n) is 4.45. The lowest BCUT2D eigenvalue weighted by Gasteiger charge is -2.05. The van der Waals surface area contributed by atoms with Gasteiger partial charge in [0.05, 0.1) is 21.4 Å². The van der Waals surface area contributed by atoms with Gasteiger partial charge in [-0.2, -0.15) is 16.8 Å². The molecule has 0 aliphatic heterocycles. The molecule has 0 saturated heterocycles. The number of aromatic nitrogens is 2. The van der Waals surface area contributed by atoms with E-state index in [2.05, 4.69) is 9.97 Å². The Hall–Kier alpha value is -2.14. The number of para-hydroxylation sites is 1. The standard InChI is InChI=1S/C12H8N2O6S2/c15-21(16,17)7-4-5-8-10(6-7)13-9-2-1-3-11(12(9)14-8)22(18,19)20/h1-6H,(H,15,16,17)(H,18,19,20). The van der Waals surface area contributed by atoms with E-state index in [9.17, 15) is 21.4 Å². The van der Waals surface area contributed by atoms with Crippen molar-refractivity contribution in [2.75, 3.05) is 0 Å². The normalized spacial score (nSPS) is 12.8. The molecule has 0 amide bonds. The fourth-order valence-corrected chi connectivity index (χ4v) is 3.17. The van der Waals surface area contributed by atoms with Crippen LogP contribution in [0, 0.1) is 0 Å². The van der Waals surface area contributed by atoms with Crippen LogP contribution in [0.5, 0.6) is 0 Å². The molecule has 0 aliphatic rings. The summed E-state index contributed by atoms with van der Waals surface area (Å²) in [5, 5.41) is 0. The molecule has 114 valence electrons. The average Bonchev–Trinajstić information content (AvgIpc) is 2.41. The maximum atomic E-state index is 11.3. The number of fused-ring (bicyclic) bond motifs is 2. The molecule has 0 atom stereocenters. The Labute approximate surface area is 124 Å². The van der Waals surface area contributed by atoms with Gasteiger partial charge in [0, 0.05) is 0 Å². The van der Waals surface area contributed by atoms with Gasteiger partial charge in [-0.15, -0.1) is 0 Å². The van der Waals surface area contributed by atoms with Crippen LogP contribution in [0.2, 0.25) is 0 Å². The third kappa shape index (κ3) is 2.52. The van der Waals surface area contributed by atoms with Crippen molar-refractivity contribution in [3.8, 4) is 0 Å². The molecule has 2 N–H and O–H groups in total. The molecule has 1 aromatic heterocycles. The zero-order valence-electron chi connectivity index (χ0n) is 10.7. The molecule has 3 rings (SSSR count). The Morgan fingerprint density at radius 3 is 2.14 bits per heavy atom. The number of benzene rings is 2. The van der Waals surface area contributed by atoms with Crippen molar-refractivity contribution in [1.82, 2.24) is 9.97 Å². The summed E-state index contributed by atoms with van der Waals surface area (Å²) in [4.78, 5) is 7.46. The smallest absolute Gasteiger partial charge is 0.282 e. The van der Waals surface area contributed by atoms with E-state index in [0.29, 0.717) is 0 Å². The van der Waals surface area contributed by atoms with Gasteiger partial charge in [0.2, 0.25) is 0 Å². The quantitative estimate of drug-likeness (QED) is 0.526. The van der Waals surface area contributed by atoms with Crippen molar-refractivity contribution >= 4 is 42.3 Å². The highest BCUT2D eigenvalue weighted by Gasteiger charge is 2.17. The lowest BCUT2D eigenvalue weighted by Crippen LogP contribution is -2.02. The zero-order chi connectivity index (χ0) is 16.1. The van der Waals surface area contributed by atoms with Crippen molar-refractivity contribution in [2.24, 2.45) is 0 Å². The van der Waals surface area contributed by atoms with E-state index >= 15 is 0 Å². The van der Waals surface area contributed by atoms with Crippen LogP contribution in [0.4, 0.5) is 0 Å². The molecule has 0 spiro atoms. The molecule has 0 radical (unpaired) electrons. The molecule has 0 unspecified atom stereocenters. The minimum Gasteiger partial charge on any atom is -0.282 e. The van der Waals surface area contributed by atoms with Crippen LogP contribution in [0.15, 0.2) is 46.2 Å². The number of nitrogens with zero attached hydrogens (tertiary/aromatic N) is 2. The molecular formula is C12H8N2O6S2. The molecule has 1 heterocycles. The minimum absolute atomic E-state index is 0.0305. The molecule has 0 aliphatic carbocycles. The van der Waals surface area contributed by atoms with Gasteiger partial charge in [-0.05, 0) is 30.3 Å². The predicted molar refractivity (Wildman–Crippen MR) is 76.7 cm³/mol. The topological polar surface area (TPSA) is 135 Å². The molecule has 10 heteroatoms. The van der Waals surface area contributed by atoms with Gasteiger partial charge >= 0.3 is 0 Å². The van der Waals surface area contributed by atoms with Crippen LogP contribution in [0.25, 0.3) is 22.1 Å². The molecule has 8 nitrogen and oxygen atoms in total. The van der Waals surface area contributed by atoms with Gasteiger partial charge in [0.25, 0.3) is 20.2 Å². The summed E-state index contributed by atoms with van der Waals surface area (Å²) in [5.74, 6) is 0. The monoisotopic (exact) mass is 340 g/mol. The Balaban J connectivity index is 2.41. The van der Waals surface area contributed by atoms with Gasteiger partial charge in [0.1, 0.15) is 10.4 Å². The molecule has 3 aromatic rings. The predicted octanol–water partition coefficient (Wildman–Crippen LogP) is 1.28. The van der Waals surface area contributed by atoms with E-state index in [1.54, 1.807) is 0 Å². The van der Waals surface area contributed by atoms with Gasteiger partial charge in [-0.1, -0.05) is 6.07 Å². The first kappa shape index (κ1) is 14.8. The first-order chi connectivity index (χ1) is 10.2. The van der Waals surface area contributed by atoms with Gasteiger partial charge in [0.15, 0.2) is 0 Å². The maximum absolute atomic E-state index is 11.3. The third-order valence-electron chi connectivity index (χ3n) is 2.97. The Kier molecular flexibility index (Phi) is 3.14. The van der Waals surface area contributed by atoms with Gasteiger partial charge < -0.3 is 0 Å². The number of rotatable bonds is 2. The SMILES string of the molecule is O=S(=O)(O)c1ccc2nc3c(S(=O)(=O)O)cccc3nc2c1. The van der Waals surface area contributed by atoms with Crippen molar-refractivity contribution in [3.63, 3.8) is 0 Å². The van der Waals surface area contributed by atoms with Crippen LogP contribution in [0.1, 0.15) is 0 Å². The lowest BCUT2D eigenvalue weighted by molar-refractivity contribution is 0.481. The van der Waals surface area contributed by atoms with E-state index in [1.807, 2.05) is 0 Å². The third-order valence-corrected chi connectivity index (χ3v) is 4.71. The summed E-state index contributed by atoms with van der Waals surface area (Å²) in [7, 11) is -8.85. The van der Waals surface area contributed by atoms with E-state index in [1.165, 1.54) is 24.3 Å².